The molecule has 2 amide bonds. The van der Waals surface area contributed by atoms with Gasteiger partial charge in [-0.1, -0.05) is 24.3 Å². The Hall–Kier alpha value is -4.08. The fraction of sp³-hybridized carbons (Fsp3) is 0.0952. The van der Waals surface area contributed by atoms with Gasteiger partial charge in [-0.2, -0.15) is 13.2 Å². The molecule has 0 aliphatic rings. The normalized spacial score (nSPS) is 10.9. The molecule has 0 atom stereocenters. The van der Waals surface area contributed by atoms with Gasteiger partial charge < -0.3 is 19.8 Å². The van der Waals surface area contributed by atoms with Crippen LogP contribution < -0.4 is 10.6 Å². The van der Waals surface area contributed by atoms with Gasteiger partial charge in [-0.05, 0) is 36.4 Å². The quantitative estimate of drug-likeness (QED) is 0.565. The van der Waals surface area contributed by atoms with Gasteiger partial charge in [0.05, 0.1) is 28.8 Å². The van der Waals surface area contributed by atoms with E-state index in [2.05, 4.69) is 10.6 Å². The smallest absolute Gasteiger partial charge is 0.418 e. The first-order valence-corrected chi connectivity index (χ1v) is 8.83. The molecular formula is C21H15F3N2O5. The number of amides is 2. The third-order valence-electron chi connectivity index (χ3n) is 3.98. The topological polar surface area (TPSA) is 97.6 Å². The van der Waals surface area contributed by atoms with Crippen molar-refractivity contribution in [1.82, 2.24) is 0 Å². The average Bonchev–Trinajstić information content (AvgIpc) is 3.27. The molecule has 2 N–H and O–H groups in total. The van der Waals surface area contributed by atoms with Crippen molar-refractivity contribution in [3.8, 4) is 0 Å². The molecular weight excluding hydrogens is 417 g/mol. The minimum atomic E-state index is -4.66. The number of carbonyl (C=O) groups excluding carboxylic acids is 3. The van der Waals surface area contributed by atoms with Gasteiger partial charge >= 0.3 is 12.1 Å². The predicted octanol–water partition coefficient (Wildman–Crippen LogP) is 4.35. The lowest BCUT2D eigenvalue weighted by Crippen LogP contribution is -2.23. The highest BCUT2D eigenvalue weighted by Crippen LogP contribution is 2.34. The Labute approximate surface area is 173 Å². The summed E-state index contributed by atoms with van der Waals surface area (Å²) in [6.45, 7) is -0.828. The summed E-state index contributed by atoms with van der Waals surface area (Å²) in [6.07, 6.45) is -3.35. The Morgan fingerprint density at radius 3 is 2.23 bits per heavy atom. The molecule has 7 nitrogen and oxygen atoms in total. The van der Waals surface area contributed by atoms with Crippen molar-refractivity contribution in [3.63, 3.8) is 0 Å². The van der Waals surface area contributed by atoms with E-state index in [1.165, 1.54) is 48.7 Å². The minimum absolute atomic E-state index is 0.0193. The molecule has 0 radical (unpaired) electrons. The van der Waals surface area contributed by atoms with Crippen LogP contribution in [0.1, 0.15) is 26.5 Å². The number of hydrogen-bond donors (Lipinski definition) is 2. The molecule has 1 aromatic heterocycles. The van der Waals surface area contributed by atoms with E-state index in [9.17, 15) is 27.6 Å². The number of halogens is 3. The number of nitrogens with one attached hydrogen (secondary N) is 2. The van der Waals surface area contributed by atoms with Gasteiger partial charge in [-0.15, -0.1) is 0 Å². The molecule has 0 unspecified atom stereocenters. The zero-order valence-corrected chi connectivity index (χ0v) is 15.7. The molecule has 0 saturated heterocycles. The van der Waals surface area contributed by atoms with Crippen LogP contribution >= 0.6 is 0 Å². The third kappa shape index (κ3) is 5.50. The number of benzene rings is 2. The maximum absolute atomic E-state index is 13.0. The van der Waals surface area contributed by atoms with Crippen LogP contribution in [0.3, 0.4) is 0 Å². The molecule has 0 aliphatic carbocycles. The van der Waals surface area contributed by atoms with E-state index in [4.69, 9.17) is 9.15 Å². The third-order valence-corrected chi connectivity index (χ3v) is 3.98. The molecule has 3 rings (SSSR count). The second-order valence-electron chi connectivity index (χ2n) is 6.14. The monoisotopic (exact) mass is 432 g/mol. The zero-order valence-electron chi connectivity index (χ0n) is 15.7. The fourth-order valence-corrected chi connectivity index (χ4v) is 2.60. The molecule has 2 aromatic carbocycles. The second kappa shape index (κ2) is 9.16. The lowest BCUT2D eigenvalue weighted by Gasteiger charge is -2.14. The van der Waals surface area contributed by atoms with Gasteiger partial charge in [0.1, 0.15) is 0 Å². The largest absolute Gasteiger partial charge is 0.459 e. The summed E-state index contributed by atoms with van der Waals surface area (Å²) in [5.74, 6) is -2.49. The molecule has 1 heterocycles. The lowest BCUT2D eigenvalue weighted by atomic mass is 10.1. The van der Waals surface area contributed by atoms with Crippen molar-refractivity contribution in [2.45, 2.75) is 6.18 Å². The zero-order chi connectivity index (χ0) is 22.4. The standard InChI is InChI=1S/C21H15F3N2O5/c22-21(23,24)14-7-2-4-9-16(14)25-18(27)12-31-20(29)13-6-1-3-8-15(13)26-19(28)17-10-5-11-30-17/h1-11H,12H2,(H,25,27)(H,26,28). The molecule has 160 valence electrons. The van der Waals surface area contributed by atoms with Gasteiger partial charge in [0.25, 0.3) is 11.8 Å². The van der Waals surface area contributed by atoms with E-state index in [1.54, 1.807) is 6.07 Å². The minimum Gasteiger partial charge on any atom is -0.459 e. The van der Waals surface area contributed by atoms with E-state index >= 15 is 0 Å². The first kappa shape index (κ1) is 21.6. The molecule has 10 heteroatoms. The number of para-hydroxylation sites is 2. The number of anilines is 2. The van der Waals surface area contributed by atoms with Crippen LogP contribution in [0.25, 0.3) is 0 Å². The van der Waals surface area contributed by atoms with E-state index in [0.717, 1.165) is 12.1 Å². The molecule has 3 aromatic rings. The summed E-state index contributed by atoms with van der Waals surface area (Å²) < 4.78 is 48.9. The van der Waals surface area contributed by atoms with Crippen molar-refractivity contribution in [2.24, 2.45) is 0 Å². The maximum Gasteiger partial charge on any atom is 0.418 e. The number of furan rings is 1. The van der Waals surface area contributed by atoms with Crippen LogP contribution in [-0.4, -0.2) is 24.4 Å². The van der Waals surface area contributed by atoms with Crippen molar-refractivity contribution < 1.29 is 36.7 Å². The van der Waals surface area contributed by atoms with E-state index < -0.39 is 41.8 Å². The van der Waals surface area contributed by atoms with Crippen LogP contribution in [0.4, 0.5) is 24.5 Å². The summed E-state index contributed by atoms with van der Waals surface area (Å²) in [5.41, 5.74) is -1.43. The number of alkyl halides is 3. The molecule has 0 fully saturated rings. The Morgan fingerprint density at radius 1 is 0.871 bits per heavy atom. The summed E-state index contributed by atoms with van der Waals surface area (Å²) >= 11 is 0. The Morgan fingerprint density at radius 2 is 1.55 bits per heavy atom. The van der Waals surface area contributed by atoms with Crippen LogP contribution in [0, 0.1) is 0 Å². The summed E-state index contributed by atoms with van der Waals surface area (Å²) in [5, 5.41) is 4.56. The Bertz CT molecular complexity index is 1090. The average molecular weight is 432 g/mol. The summed E-state index contributed by atoms with van der Waals surface area (Å²) in [4.78, 5) is 36.5. The SMILES string of the molecule is O=C(COC(=O)c1ccccc1NC(=O)c1ccco1)Nc1ccccc1C(F)(F)F. The number of rotatable bonds is 6. The van der Waals surface area contributed by atoms with Crippen LogP contribution in [0.15, 0.2) is 71.3 Å². The van der Waals surface area contributed by atoms with Gasteiger partial charge in [-0.25, -0.2) is 4.79 Å². The molecule has 0 aliphatic heterocycles. The van der Waals surface area contributed by atoms with Crippen molar-refractivity contribution in [2.75, 3.05) is 17.2 Å². The predicted molar refractivity (Wildman–Crippen MR) is 103 cm³/mol. The van der Waals surface area contributed by atoms with Crippen LogP contribution in [0.5, 0.6) is 0 Å². The fourth-order valence-electron chi connectivity index (χ4n) is 2.60. The highest BCUT2D eigenvalue weighted by atomic mass is 19.4. The van der Waals surface area contributed by atoms with Gasteiger partial charge in [0.15, 0.2) is 12.4 Å². The number of hydrogen-bond acceptors (Lipinski definition) is 5. The van der Waals surface area contributed by atoms with Gasteiger partial charge in [0, 0.05) is 0 Å². The van der Waals surface area contributed by atoms with E-state index in [1.807, 2.05) is 0 Å². The molecule has 0 bridgehead atoms. The maximum atomic E-state index is 13.0. The number of carbonyl (C=O) groups is 3. The van der Waals surface area contributed by atoms with Crippen LogP contribution in [0.2, 0.25) is 0 Å². The first-order chi connectivity index (χ1) is 14.8. The molecule has 0 saturated carbocycles. The summed E-state index contributed by atoms with van der Waals surface area (Å²) in [7, 11) is 0. The molecule has 31 heavy (non-hydrogen) atoms. The van der Waals surface area contributed by atoms with E-state index in [-0.39, 0.29) is 17.0 Å². The Balaban J connectivity index is 1.64. The number of ether oxygens (including phenoxy) is 1. The van der Waals surface area contributed by atoms with E-state index in [0.29, 0.717) is 0 Å². The van der Waals surface area contributed by atoms with Crippen molar-refractivity contribution >= 4 is 29.2 Å². The lowest BCUT2D eigenvalue weighted by molar-refractivity contribution is -0.137. The summed E-state index contributed by atoms with van der Waals surface area (Å²) in [6, 6.07) is 13.2. The van der Waals surface area contributed by atoms with Gasteiger partial charge in [-0.3, -0.25) is 9.59 Å². The Kier molecular flexibility index (Phi) is 6.39. The second-order valence-corrected chi connectivity index (χ2v) is 6.14. The van der Waals surface area contributed by atoms with Crippen molar-refractivity contribution in [1.29, 1.82) is 0 Å². The van der Waals surface area contributed by atoms with Crippen LogP contribution in [-0.2, 0) is 15.7 Å². The van der Waals surface area contributed by atoms with Gasteiger partial charge in [0.2, 0.25) is 0 Å². The van der Waals surface area contributed by atoms with Crippen molar-refractivity contribution in [3.05, 3.63) is 83.8 Å². The number of esters is 1. The highest BCUT2D eigenvalue weighted by molar-refractivity contribution is 6.07. The molecule has 0 spiro atoms. The highest BCUT2D eigenvalue weighted by Gasteiger charge is 2.33. The first-order valence-electron chi connectivity index (χ1n) is 8.83.